The highest BCUT2D eigenvalue weighted by Gasteiger charge is 2.21. The molecule has 0 bridgehead atoms. The molecule has 1 N–H and O–H groups in total. The number of rotatable bonds is 6. The summed E-state index contributed by atoms with van der Waals surface area (Å²) in [5, 5.41) is 12.1. The summed E-state index contributed by atoms with van der Waals surface area (Å²) in [5.41, 5.74) is 3.53. The maximum atomic E-state index is 12.6. The molecule has 1 fully saturated rings. The molecule has 2 heterocycles. The first-order valence-corrected chi connectivity index (χ1v) is 11.4. The highest BCUT2D eigenvalue weighted by atomic mass is 35.5. The Morgan fingerprint density at radius 3 is 2.68 bits per heavy atom. The molecule has 9 heteroatoms. The molecule has 0 unspecified atom stereocenters. The average Bonchev–Trinajstić information content (AvgIpc) is 3.23. The zero-order valence-corrected chi connectivity index (χ0v) is 19.0. The number of carbonyl (C=O) groups is 1. The molecule has 4 rings (SSSR count). The van der Waals surface area contributed by atoms with Gasteiger partial charge in [0.2, 0.25) is 11.8 Å². The first-order chi connectivity index (χ1) is 15.0. The average molecular weight is 458 g/mol. The fraction of sp³-hybridized carbons (Fsp3) is 0.318. The molecule has 31 heavy (non-hydrogen) atoms. The van der Waals surface area contributed by atoms with E-state index in [4.69, 9.17) is 16.0 Å². The minimum atomic E-state index is -0.154. The van der Waals surface area contributed by atoms with Gasteiger partial charge in [0.25, 0.3) is 5.22 Å². The van der Waals surface area contributed by atoms with Gasteiger partial charge in [-0.1, -0.05) is 47.6 Å². The summed E-state index contributed by atoms with van der Waals surface area (Å²) in [4.78, 5) is 17.1. The summed E-state index contributed by atoms with van der Waals surface area (Å²) in [7, 11) is 2.10. The van der Waals surface area contributed by atoms with Gasteiger partial charge in [0.05, 0.1) is 22.2 Å². The highest BCUT2D eigenvalue weighted by Crippen LogP contribution is 2.35. The predicted molar refractivity (Wildman–Crippen MR) is 125 cm³/mol. The lowest BCUT2D eigenvalue weighted by molar-refractivity contribution is -0.113. The van der Waals surface area contributed by atoms with Crippen LogP contribution in [0.15, 0.2) is 52.1 Å². The largest absolute Gasteiger partial charge is 0.411 e. The number of aromatic nitrogens is 2. The van der Waals surface area contributed by atoms with Gasteiger partial charge in [-0.3, -0.25) is 4.79 Å². The SMILES string of the molecule is Cc1ccccc1-c1nnc(SCC(=O)Nc2cccc(Cl)c2N2CCN(C)CC2)o1. The summed E-state index contributed by atoms with van der Waals surface area (Å²) in [6, 6.07) is 13.4. The number of benzene rings is 2. The topological polar surface area (TPSA) is 74.5 Å². The van der Waals surface area contributed by atoms with E-state index < -0.39 is 0 Å². The maximum absolute atomic E-state index is 12.6. The molecule has 7 nitrogen and oxygen atoms in total. The van der Waals surface area contributed by atoms with E-state index in [0.29, 0.717) is 21.8 Å². The van der Waals surface area contributed by atoms with Crippen molar-refractivity contribution >= 4 is 40.6 Å². The van der Waals surface area contributed by atoms with Crippen molar-refractivity contribution in [3.63, 3.8) is 0 Å². The van der Waals surface area contributed by atoms with Crippen molar-refractivity contribution in [2.24, 2.45) is 0 Å². The minimum absolute atomic E-state index is 0.154. The van der Waals surface area contributed by atoms with Crippen molar-refractivity contribution in [1.82, 2.24) is 15.1 Å². The second-order valence-corrected chi connectivity index (χ2v) is 8.79. The number of nitrogens with one attached hydrogen (secondary N) is 1. The van der Waals surface area contributed by atoms with Crippen LogP contribution in [0, 0.1) is 6.92 Å². The van der Waals surface area contributed by atoms with Gasteiger partial charge in [-0.15, -0.1) is 10.2 Å². The van der Waals surface area contributed by atoms with Crippen LogP contribution in [-0.2, 0) is 4.79 Å². The van der Waals surface area contributed by atoms with Crippen LogP contribution in [-0.4, -0.2) is 60.0 Å². The van der Waals surface area contributed by atoms with Gasteiger partial charge in [-0.05, 0) is 37.7 Å². The zero-order chi connectivity index (χ0) is 21.8. The fourth-order valence-electron chi connectivity index (χ4n) is 3.47. The first kappa shape index (κ1) is 21.7. The van der Waals surface area contributed by atoms with Crippen LogP contribution < -0.4 is 10.2 Å². The van der Waals surface area contributed by atoms with E-state index in [2.05, 4.69) is 32.4 Å². The van der Waals surface area contributed by atoms with Crippen LogP contribution in [0.2, 0.25) is 5.02 Å². The van der Waals surface area contributed by atoms with Gasteiger partial charge < -0.3 is 19.5 Å². The molecule has 2 aromatic carbocycles. The second-order valence-electron chi connectivity index (χ2n) is 7.45. The van der Waals surface area contributed by atoms with Crippen LogP contribution in [0.4, 0.5) is 11.4 Å². The number of anilines is 2. The monoisotopic (exact) mass is 457 g/mol. The molecule has 1 amide bonds. The Kier molecular flexibility index (Phi) is 6.80. The number of thioether (sulfide) groups is 1. The number of piperazine rings is 1. The van der Waals surface area contributed by atoms with Gasteiger partial charge >= 0.3 is 0 Å². The molecular formula is C22H24ClN5O2S. The Hall–Kier alpha value is -2.55. The minimum Gasteiger partial charge on any atom is -0.411 e. The third kappa shape index (κ3) is 5.20. The third-order valence-corrected chi connectivity index (χ3v) is 6.31. The summed E-state index contributed by atoms with van der Waals surface area (Å²) in [6.07, 6.45) is 0. The Morgan fingerprint density at radius 1 is 1.13 bits per heavy atom. The van der Waals surface area contributed by atoms with Crippen LogP contribution in [0.3, 0.4) is 0 Å². The van der Waals surface area contributed by atoms with E-state index in [-0.39, 0.29) is 11.7 Å². The van der Waals surface area contributed by atoms with Crippen molar-refractivity contribution in [1.29, 1.82) is 0 Å². The van der Waals surface area contributed by atoms with Crippen molar-refractivity contribution in [2.75, 3.05) is 49.2 Å². The molecule has 0 atom stereocenters. The molecule has 0 spiro atoms. The highest BCUT2D eigenvalue weighted by molar-refractivity contribution is 7.99. The smallest absolute Gasteiger partial charge is 0.277 e. The van der Waals surface area contributed by atoms with Crippen molar-refractivity contribution < 1.29 is 9.21 Å². The Morgan fingerprint density at radius 2 is 1.90 bits per heavy atom. The van der Waals surface area contributed by atoms with Gasteiger partial charge in [-0.2, -0.15) is 0 Å². The van der Waals surface area contributed by atoms with Crippen LogP contribution in [0.5, 0.6) is 0 Å². The molecule has 162 valence electrons. The van der Waals surface area contributed by atoms with Gasteiger partial charge in [0, 0.05) is 31.7 Å². The molecule has 1 aliphatic rings. The zero-order valence-electron chi connectivity index (χ0n) is 17.5. The lowest BCUT2D eigenvalue weighted by atomic mass is 10.1. The first-order valence-electron chi connectivity index (χ1n) is 10.1. The van der Waals surface area contributed by atoms with Gasteiger partial charge in [0.1, 0.15) is 0 Å². The molecule has 1 aromatic heterocycles. The number of para-hydroxylation sites is 1. The summed E-state index contributed by atoms with van der Waals surface area (Å²) in [5.74, 6) is 0.455. The summed E-state index contributed by atoms with van der Waals surface area (Å²) in [6.45, 7) is 5.62. The fourth-order valence-corrected chi connectivity index (χ4v) is 4.33. The number of hydrogen-bond acceptors (Lipinski definition) is 7. The van der Waals surface area contributed by atoms with E-state index in [0.717, 1.165) is 43.0 Å². The Balaban J connectivity index is 1.40. The van der Waals surface area contributed by atoms with E-state index in [1.54, 1.807) is 0 Å². The second kappa shape index (κ2) is 9.72. The van der Waals surface area contributed by atoms with Gasteiger partial charge in [-0.25, -0.2) is 0 Å². The summed E-state index contributed by atoms with van der Waals surface area (Å²) < 4.78 is 5.73. The molecular weight excluding hydrogens is 434 g/mol. The lowest BCUT2D eigenvalue weighted by Crippen LogP contribution is -2.44. The van der Waals surface area contributed by atoms with E-state index in [1.165, 1.54) is 11.8 Å². The number of nitrogens with zero attached hydrogens (tertiary/aromatic N) is 4. The predicted octanol–water partition coefficient (Wildman–Crippen LogP) is 4.18. The van der Waals surface area contributed by atoms with Crippen LogP contribution in [0.1, 0.15) is 5.56 Å². The molecule has 0 saturated carbocycles. The van der Waals surface area contributed by atoms with E-state index in [1.807, 2.05) is 49.4 Å². The summed E-state index contributed by atoms with van der Waals surface area (Å²) >= 11 is 7.69. The van der Waals surface area contributed by atoms with Crippen molar-refractivity contribution in [3.8, 4) is 11.5 Å². The van der Waals surface area contributed by atoms with Crippen LogP contribution in [0.25, 0.3) is 11.5 Å². The number of halogens is 1. The van der Waals surface area contributed by atoms with Crippen molar-refractivity contribution in [3.05, 3.63) is 53.1 Å². The number of amides is 1. The molecule has 1 aliphatic heterocycles. The number of likely N-dealkylation sites (N-methyl/N-ethyl adjacent to an activating group) is 1. The number of aryl methyl sites for hydroxylation is 1. The third-order valence-electron chi connectivity index (χ3n) is 5.19. The van der Waals surface area contributed by atoms with E-state index in [9.17, 15) is 4.79 Å². The molecule has 1 saturated heterocycles. The standard InChI is InChI=1S/C22H24ClN5O2S/c1-15-6-3-4-7-16(15)21-25-26-22(30-21)31-14-19(29)24-18-9-5-8-17(23)20(18)28-12-10-27(2)11-13-28/h3-9H,10-14H2,1-2H3,(H,24,29). The maximum Gasteiger partial charge on any atom is 0.277 e. The lowest BCUT2D eigenvalue weighted by Gasteiger charge is -2.35. The molecule has 3 aromatic rings. The van der Waals surface area contributed by atoms with Crippen LogP contribution >= 0.6 is 23.4 Å². The quantitative estimate of drug-likeness (QED) is 0.556. The normalized spacial score (nSPS) is 14.6. The van der Waals surface area contributed by atoms with Crippen molar-refractivity contribution in [2.45, 2.75) is 12.1 Å². The van der Waals surface area contributed by atoms with E-state index >= 15 is 0 Å². The Bertz CT molecular complexity index is 1070. The number of hydrogen-bond donors (Lipinski definition) is 1. The number of carbonyl (C=O) groups excluding carboxylic acids is 1. The molecule has 0 radical (unpaired) electrons. The van der Waals surface area contributed by atoms with Gasteiger partial charge in [0.15, 0.2) is 0 Å². The molecule has 0 aliphatic carbocycles. The Labute approximate surface area is 190 Å².